The molecular formula is C14H14FN3O2S. The molecule has 110 valence electrons. The maximum atomic E-state index is 13.4. The Hall–Kier alpha value is -1.99. The topological polar surface area (TPSA) is 76.3 Å². The molecule has 0 saturated carbocycles. The summed E-state index contributed by atoms with van der Waals surface area (Å²) in [5.41, 5.74) is 7.43. The summed E-state index contributed by atoms with van der Waals surface area (Å²) in [6.45, 7) is 0.590. The average Bonchev–Trinajstić information content (AvgIpc) is 2.91. The van der Waals surface area contributed by atoms with Crippen LogP contribution in [0.3, 0.4) is 0 Å². The van der Waals surface area contributed by atoms with Crippen LogP contribution in [-0.4, -0.2) is 19.9 Å². The number of aromatic nitrogens is 1. The first-order valence-corrected chi connectivity index (χ1v) is 7.92. The second kappa shape index (κ2) is 5.09. The lowest BCUT2D eigenvalue weighted by Gasteiger charge is -2.19. The molecule has 1 aromatic heterocycles. The Labute approximate surface area is 122 Å². The van der Waals surface area contributed by atoms with Crippen LogP contribution in [0.2, 0.25) is 0 Å². The van der Waals surface area contributed by atoms with Gasteiger partial charge in [-0.3, -0.25) is 4.31 Å². The van der Waals surface area contributed by atoms with Crippen molar-refractivity contribution in [1.82, 2.24) is 4.98 Å². The van der Waals surface area contributed by atoms with E-state index in [0.29, 0.717) is 25.2 Å². The molecule has 0 spiro atoms. The largest absolute Gasteiger partial charge is 0.326 e. The van der Waals surface area contributed by atoms with E-state index in [0.717, 1.165) is 11.1 Å². The number of anilines is 1. The van der Waals surface area contributed by atoms with Crippen LogP contribution in [0.4, 0.5) is 10.1 Å². The number of rotatable bonds is 3. The van der Waals surface area contributed by atoms with Gasteiger partial charge in [0.15, 0.2) is 5.03 Å². The van der Waals surface area contributed by atoms with Crippen LogP contribution in [0.25, 0.3) is 0 Å². The van der Waals surface area contributed by atoms with Crippen LogP contribution in [0.15, 0.2) is 41.6 Å². The molecule has 2 N–H and O–H groups in total. The first-order valence-electron chi connectivity index (χ1n) is 6.48. The van der Waals surface area contributed by atoms with Crippen LogP contribution in [0.5, 0.6) is 0 Å². The van der Waals surface area contributed by atoms with E-state index < -0.39 is 15.8 Å². The number of nitrogens with two attached hydrogens (primary N) is 1. The van der Waals surface area contributed by atoms with Crippen molar-refractivity contribution in [1.29, 1.82) is 0 Å². The zero-order valence-corrected chi connectivity index (χ0v) is 12.0. The van der Waals surface area contributed by atoms with Gasteiger partial charge in [-0.15, -0.1) is 0 Å². The van der Waals surface area contributed by atoms with Crippen molar-refractivity contribution in [3.63, 3.8) is 0 Å². The Morgan fingerprint density at radius 2 is 2.10 bits per heavy atom. The van der Waals surface area contributed by atoms with E-state index in [4.69, 9.17) is 5.73 Å². The molecule has 5 nitrogen and oxygen atoms in total. The van der Waals surface area contributed by atoms with Gasteiger partial charge in [-0.05, 0) is 35.7 Å². The molecule has 0 saturated heterocycles. The van der Waals surface area contributed by atoms with E-state index in [2.05, 4.69) is 4.98 Å². The van der Waals surface area contributed by atoms with E-state index in [1.165, 1.54) is 28.7 Å². The van der Waals surface area contributed by atoms with Gasteiger partial charge in [0.25, 0.3) is 10.0 Å². The summed E-state index contributed by atoms with van der Waals surface area (Å²) in [4.78, 5) is 3.96. The summed E-state index contributed by atoms with van der Waals surface area (Å²) in [7, 11) is -3.78. The highest BCUT2D eigenvalue weighted by Crippen LogP contribution is 2.32. The summed E-state index contributed by atoms with van der Waals surface area (Å²) < 4.78 is 39.8. The van der Waals surface area contributed by atoms with Gasteiger partial charge in [-0.2, -0.15) is 8.42 Å². The molecule has 3 rings (SSSR count). The quantitative estimate of drug-likeness (QED) is 0.930. The van der Waals surface area contributed by atoms with E-state index in [9.17, 15) is 12.8 Å². The van der Waals surface area contributed by atoms with E-state index in [1.54, 1.807) is 12.1 Å². The summed E-state index contributed by atoms with van der Waals surface area (Å²) in [5, 5.41) is -0.0585. The van der Waals surface area contributed by atoms with Crippen LogP contribution in [0, 0.1) is 5.82 Å². The molecule has 0 amide bonds. The lowest BCUT2D eigenvalue weighted by Crippen LogP contribution is -2.29. The maximum absolute atomic E-state index is 13.4. The fourth-order valence-electron chi connectivity index (χ4n) is 2.37. The number of fused-ring (bicyclic) bond motifs is 1. The minimum Gasteiger partial charge on any atom is -0.326 e. The van der Waals surface area contributed by atoms with E-state index in [1.807, 2.05) is 0 Å². The first-order chi connectivity index (χ1) is 10.0. The number of hydrogen-bond acceptors (Lipinski definition) is 4. The summed E-state index contributed by atoms with van der Waals surface area (Å²) in [6, 6.07) is 7.25. The zero-order chi connectivity index (χ0) is 15.0. The Balaban J connectivity index is 2.02. The molecule has 0 atom stereocenters. The molecule has 2 heterocycles. The smallest absolute Gasteiger partial charge is 0.281 e. The van der Waals surface area contributed by atoms with E-state index >= 15 is 0 Å². The van der Waals surface area contributed by atoms with Gasteiger partial charge < -0.3 is 5.73 Å². The van der Waals surface area contributed by atoms with Gasteiger partial charge in [0, 0.05) is 19.3 Å². The molecule has 21 heavy (non-hydrogen) atoms. The van der Waals surface area contributed by atoms with Gasteiger partial charge >= 0.3 is 0 Å². The lowest BCUT2D eigenvalue weighted by atomic mass is 10.2. The Kier molecular flexibility index (Phi) is 3.38. The highest BCUT2D eigenvalue weighted by molar-refractivity contribution is 7.92. The Bertz CT molecular complexity index is 775. The molecule has 1 aliphatic heterocycles. The molecule has 7 heteroatoms. The van der Waals surface area contributed by atoms with Crippen molar-refractivity contribution in [3.8, 4) is 0 Å². The van der Waals surface area contributed by atoms with E-state index in [-0.39, 0.29) is 5.03 Å². The van der Waals surface area contributed by atoms with Crippen LogP contribution in [-0.2, 0) is 23.0 Å². The molecule has 1 aliphatic rings. The lowest BCUT2D eigenvalue weighted by molar-refractivity contribution is 0.588. The number of nitrogens with zero attached hydrogens (tertiary/aromatic N) is 2. The standard InChI is InChI=1S/C14H14FN3O2S/c15-12-3-2-11-5-6-18(13(11)7-12)21(19,20)14-4-1-10(8-16)9-17-14/h1-4,7,9H,5-6,8,16H2. The predicted octanol–water partition coefficient (Wildman–Crippen LogP) is 1.43. The van der Waals surface area contributed by atoms with Crippen molar-refractivity contribution >= 4 is 15.7 Å². The van der Waals surface area contributed by atoms with Crippen LogP contribution < -0.4 is 10.0 Å². The molecule has 0 unspecified atom stereocenters. The molecular weight excluding hydrogens is 293 g/mol. The number of hydrogen-bond donors (Lipinski definition) is 1. The van der Waals surface area contributed by atoms with Crippen molar-refractivity contribution in [2.45, 2.75) is 18.0 Å². The van der Waals surface area contributed by atoms with Crippen molar-refractivity contribution < 1.29 is 12.8 Å². The third-order valence-corrected chi connectivity index (χ3v) is 5.22. The van der Waals surface area contributed by atoms with Gasteiger partial charge in [0.2, 0.25) is 0 Å². The summed E-state index contributed by atoms with van der Waals surface area (Å²) in [6.07, 6.45) is 2.01. The fourth-order valence-corrected chi connectivity index (χ4v) is 3.78. The van der Waals surface area contributed by atoms with Gasteiger partial charge in [-0.25, -0.2) is 9.37 Å². The molecule has 0 radical (unpaired) electrons. The van der Waals surface area contributed by atoms with Gasteiger partial charge in [-0.1, -0.05) is 12.1 Å². The van der Waals surface area contributed by atoms with Gasteiger partial charge in [0.05, 0.1) is 5.69 Å². The number of benzene rings is 1. The SMILES string of the molecule is NCc1ccc(S(=O)(=O)N2CCc3ccc(F)cc32)nc1. The minimum atomic E-state index is -3.78. The van der Waals surface area contributed by atoms with Crippen molar-refractivity contribution in [2.75, 3.05) is 10.8 Å². The summed E-state index contributed by atoms with van der Waals surface area (Å²) in [5.74, 6) is -0.456. The molecule has 0 fully saturated rings. The highest BCUT2D eigenvalue weighted by atomic mass is 32.2. The molecule has 0 aliphatic carbocycles. The maximum Gasteiger partial charge on any atom is 0.281 e. The normalized spacial score (nSPS) is 14.3. The number of sulfonamides is 1. The minimum absolute atomic E-state index is 0.0585. The third-order valence-electron chi connectivity index (χ3n) is 3.49. The third kappa shape index (κ3) is 2.38. The zero-order valence-electron chi connectivity index (χ0n) is 11.2. The van der Waals surface area contributed by atoms with Crippen molar-refractivity contribution in [2.24, 2.45) is 5.73 Å². The second-order valence-electron chi connectivity index (χ2n) is 4.81. The van der Waals surface area contributed by atoms with Crippen LogP contribution in [0.1, 0.15) is 11.1 Å². The monoisotopic (exact) mass is 307 g/mol. The first kappa shape index (κ1) is 14.0. The fraction of sp³-hybridized carbons (Fsp3) is 0.214. The highest BCUT2D eigenvalue weighted by Gasteiger charge is 2.32. The second-order valence-corrected chi connectivity index (χ2v) is 6.62. The molecule has 2 aromatic rings. The Morgan fingerprint density at radius 3 is 2.76 bits per heavy atom. The molecule has 1 aromatic carbocycles. The predicted molar refractivity (Wildman–Crippen MR) is 76.8 cm³/mol. The van der Waals surface area contributed by atoms with Crippen LogP contribution >= 0.6 is 0 Å². The van der Waals surface area contributed by atoms with Crippen molar-refractivity contribution in [3.05, 3.63) is 53.5 Å². The average molecular weight is 307 g/mol. The van der Waals surface area contributed by atoms with Gasteiger partial charge in [0.1, 0.15) is 5.82 Å². The number of pyridine rings is 1. The summed E-state index contributed by atoms with van der Waals surface area (Å²) >= 11 is 0. The number of halogens is 1. The molecule has 0 bridgehead atoms. The Morgan fingerprint density at radius 1 is 1.29 bits per heavy atom.